The average Bonchev–Trinajstić information content (AvgIpc) is 2.39. The summed E-state index contributed by atoms with van der Waals surface area (Å²) in [5, 5.41) is 3.52. The third-order valence-electron chi connectivity index (χ3n) is 3.98. The van der Waals surface area contributed by atoms with Crippen LogP contribution in [0.2, 0.25) is 0 Å². The molecule has 3 heteroatoms. The third kappa shape index (κ3) is 3.28. The predicted octanol–water partition coefficient (Wildman–Crippen LogP) is 2.17. The maximum atomic E-state index is 3.52. The number of nitrogens with zero attached hydrogens (tertiary/aromatic N) is 1. The second-order valence-corrected chi connectivity index (χ2v) is 6.30. The van der Waals surface area contributed by atoms with Crippen molar-refractivity contribution in [3.63, 3.8) is 0 Å². The lowest BCUT2D eigenvalue weighted by molar-refractivity contribution is 0.219. The van der Waals surface area contributed by atoms with Crippen LogP contribution in [0.4, 0.5) is 0 Å². The van der Waals surface area contributed by atoms with Crippen LogP contribution in [-0.4, -0.2) is 49.1 Å². The van der Waals surface area contributed by atoms with Crippen LogP contribution in [0, 0.1) is 6.92 Å². The molecule has 1 fully saturated rings. The molecular formula is C15H24N2S. The summed E-state index contributed by atoms with van der Waals surface area (Å²) in [4.78, 5) is 2.51. The zero-order valence-electron chi connectivity index (χ0n) is 11.6. The highest BCUT2D eigenvalue weighted by molar-refractivity contribution is 7.99. The van der Waals surface area contributed by atoms with E-state index in [1.54, 1.807) is 0 Å². The molecule has 1 aromatic carbocycles. The molecule has 100 valence electrons. The van der Waals surface area contributed by atoms with Crippen molar-refractivity contribution in [1.29, 1.82) is 0 Å². The molecule has 0 aliphatic carbocycles. The van der Waals surface area contributed by atoms with E-state index in [4.69, 9.17) is 0 Å². The van der Waals surface area contributed by atoms with Gasteiger partial charge in [0.1, 0.15) is 0 Å². The minimum atomic E-state index is 0.545. The highest BCUT2D eigenvalue weighted by Crippen LogP contribution is 2.20. The van der Waals surface area contributed by atoms with Gasteiger partial charge in [-0.25, -0.2) is 0 Å². The molecule has 1 aliphatic rings. The topological polar surface area (TPSA) is 15.3 Å². The van der Waals surface area contributed by atoms with Crippen LogP contribution in [0.3, 0.4) is 0 Å². The Morgan fingerprint density at radius 2 is 2.22 bits per heavy atom. The molecule has 1 aliphatic heterocycles. The zero-order chi connectivity index (χ0) is 13.0. The molecule has 0 spiro atoms. The highest BCUT2D eigenvalue weighted by Gasteiger charge is 2.27. The van der Waals surface area contributed by atoms with Gasteiger partial charge in [0.15, 0.2) is 0 Å². The van der Waals surface area contributed by atoms with Crippen molar-refractivity contribution in [2.45, 2.75) is 25.4 Å². The Morgan fingerprint density at radius 1 is 1.44 bits per heavy atom. The highest BCUT2D eigenvalue weighted by atomic mass is 32.2. The summed E-state index contributed by atoms with van der Waals surface area (Å²) in [6.07, 6.45) is 1.12. The lowest BCUT2D eigenvalue weighted by atomic mass is 9.96. The summed E-state index contributed by atoms with van der Waals surface area (Å²) in [5.74, 6) is 2.52. The SMILES string of the molecule is CNC(Cc1ccccc1C)C1CSCCN1C. The summed E-state index contributed by atoms with van der Waals surface area (Å²) in [5.41, 5.74) is 2.88. The molecule has 1 saturated heterocycles. The van der Waals surface area contributed by atoms with Gasteiger partial charge >= 0.3 is 0 Å². The van der Waals surface area contributed by atoms with Crippen molar-refractivity contribution in [2.24, 2.45) is 0 Å². The molecule has 1 N–H and O–H groups in total. The Balaban J connectivity index is 2.07. The van der Waals surface area contributed by atoms with Gasteiger partial charge in [-0.05, 0) is 38.6 Å². The second-order valence-electron chi connectivity index (χ2n) is 5.15. The lowest BCUT2D eigenvalue weighted by Crippen LogP contribution is -2.52. The number of hydrogen-bond acceptors (Lipinski definition) is 3. The van der Waals surface area contributed by atoms with Crippen molar-refractivity contribution in [3.05, 3.63) is 35.4 Å². The molecule has 2 atom stereocenters. The van der Waals surface area contributed by atoms with Crippen LogP contribution in [0.5, 0.6) is 0 Å². The Hall–Kier alpha value is -0.510. The largest absolute Gasteiger partial charge is 0.315 e. The minimum Gasteiger partial charge on any atom is -0.315 e. The Kier molecular flexibility index (Phi) is 5.10. The fourth-order valence-corrected chi connectivity index (χ4v) is 3.95. The summed E-state index contributed by atoms with van der Waals surface area (Å²) >= 11 is 2.08. The van der Waals surface area contributed by atoms with E-state index in [1.165, 1.54) is 29.2 Å². The molecule has 1 aromatic rings. The van der Waals surface area contributed by atoms with Gasteiger partial charge in [-0.1, -0.05) is 24.3 Å². The standard InChI is InChI=1S/C15H24N2S/c1-12-6-4-5-7-13(12)10-14(16-2)15-11-18-9-8-17(15)3/h4-7,14-16H,8-11H2,1-3H3. The zero-order valence-corrected chi connectivity index (χ0v) is 12.5. The van der Waals surface area contributed by atoms with Crippen molar-refractivity contribution in [2.75, 3.05) is 32.1 Å². The molecule has 0 saturated carbocycles. The van der Waals surface area contributed by atoms with E-state index in [0.717, 1.165) is 6.42 Å². The molecular weight excluding hydrogens is 240 g/mol. The van der Waals surface area contributed by atoms with Crippen LogP contribution >= 0.6 is 11.8 Å². The molecule has 0 aromatic heterocycles. The maximum absolute atomic E-state index is 3.52. The molecule has 2 rings (SSSR count). The summed E-state index contributed by atoms with van der Waals surface area (Å²) < 4.78 is 0. The molecule has 0 radical (unpaired) electrons. The molecule has 0 amide bonds. The van der Waals surface area contributed by atoms with E-state index in [1.807, 2.05) is 0 Å². The third-order valence-corrected chi connectivity index (χ3v) is 5.03. The van der Waals surface area contributed by atoms with E-state index >= 15 is 0 Å². The van der Waals surface area contributed by atoms with Crippen molar-refractivity contribution >= 4 is 11.8 Å². The lowest BCUT2D eigenvalue weighted by Gasteiger charge is -2.38. The van der Waals surface area contributed by atoms with Gasteiger partial charge in [-0.3, -0.25) is 0 Å². The first-order valence-electron chi connectivity index (χ1n) is 6.72. The van der Waals surface area contributed by atoms with Crippen LogP contribution in [-0.2, 0) is 6.42 Å². The normalized spacial score (nSPS) is 22.9. The minimum absolute atomic E-state index is 0.545. The van der Waals surface area contributed by atoms with Crippen molar-refractivity contribution in [3.8, 4) is 0 Å². The van der Waals surface area contributed by atoms with Crippen LogP contribution < -0.4 is 5.32 Å². The summed E-state index contributed by atoms with van der Waals surface area (Å²) in [7, 11) is 4.35. The number of thioether (sulfide) groups is 1. The van der Waals surface area contributed by atoms with Gasteiger partial charge in [0.05, 0.1) is 0 Å². The number of likely N-dealkylation sites (N-methyl/N-ethyl adjacent to an activating group) is 2. The predicted molar refractivity (Wildman–Crippen MR) is 81.5 cm³/mol. The second kappa shape index (κ2) is 6.60. The maximum Gasteiger partial charge on any atom is 0.0340 e. The van der Waals surface area contributed by atoms with Gasteiger partial charge < -0.3 is 10.2 Å². The number of aryl methyl sites for hydroxylation is 1. The van der Waals surface area contributed by atoms with Gasteiger partial charge in [0.25, 0.3) is 0 Å². The Morgan fingerprint density at radius 3 is 2.89 bits per heavy atom. The van der Waals surface area contributed by atoms with Crippen molar-refractivity contribution < 1.29 is 0 Å². The molecule has 0 bridgehead atoms. The summed E-state index contributed by atoms with van der Waals surface area (Å²) in [6, 6.07) is 9.93. The smallest absolute Gasteiger partial charge is 0.0340 e. The van der Waals surface area contributed by atoms with E-state index in [9.17, 15) is 0 Å². The van der Waals surface area contributed by atoms with E-state index in [-0.39, 0.29) is 0 Å². The van der Waals surface area contributed by atoms with Crippen LogP contribution in [0.1, 0.15) is 11.1 Å². The van der Waals surface area contributed by atoms with Crippen LogP contribution in [0.25, 0.3) is 0 Å². The van der Waals surface area contributed by atoms with E-state index in [0.29, 0.717) is 12.1 Å². The van der Waals surface area contributed by atoms with Gasteiger partial charge in [0.2, 0.25) is 0 Å². The molecule has 18 heavy (non-hydrogen) atoms. The Bertz CT molecular complexity index is 381. The fraction of sp³-hybridized carbons (Fsp3) is 0.600. The van der Waals surface area contributed by atoms with Gasteiger partial charge in [0, 0.05) is 30.1 Å². The van der Waals surface area contributed by atoms with E-state index < -0.39 is 0 Å². The van der Waals surface area contributed by atoms with E-state index in [2.05, 4.69) is 67.3 Å². The quantitative estimate of drug-likeness (QED) is 0.897. The van der Waals surface area contributed by atoms with Crippen molar-refractivity contribution in [1.82, 2.24) is 10.2 Å². The molecule has 2 nitrogen and oxygen atoms in total. The molecule has 2 unspecified atom stereocenters. The first-order valence-corrected chi connectivity index (χ1v) is 7.87. The number of nitrogens with one attached hydrogen (secondary N) is 1. The monoisotopic (exact) mass is 264 g/mol. The van der Waals surface area contributed by atoms with Crippen LogP contribution in [0.15, 0.2) is 24.3 Å². The number of hydrogen-bond donors (Lipinski definition) is 1. The number of benzene rings is 1. The van der Waals surface area contributed by atoms with Gasteiger partial charge in [-0.2, -0.15) is 11.8 Å². The number of rotatable bonds is 4. The average molecular weight is 264 g/mol. The summed E-state index contributed by atoms with van der Waals surface area (Å²) in [6.45, 7) is 3.42. The molecule has 1 heterocycles. The fourth-order valence-electron chi connectivity index (χ4n) is 2.64. The van der Waals surface area contributed by atoms with Gasteiger partial charge in [-0.15, -0.1) is 0 Å². The Labute approximate surface area is 115 Å². The first kappa shape index (κ1) is 13.9. The first-order chi connectivity index (χ1) is 8.72.